The monoisotopic (exact) mass is 232 g/mol. The molecule has 0 bridgehead atoms. The summed E-state index contributed by atoms with van der Waals surface area (Å²) in [6, 6.07) is 6.78. The number of primary amides is 1. The number of nitrogens with zero attached hydrogens (tertiary/aromatic N) is 1. The molecule has 1 aromatic rings. The van der Waals surface area contributed by atoms with E-state index in [0.29, 0.717) is 17.1 Å². The standard InChI is InChI=1S/C12H12N2O3/c1-16-10-3-4-11(17-2)8(6-10)5-9(7-13)12(14)15/h3-6H,1-2H3,(H2,14,15)/b9-5-. The van der Waals surface area contributed by atoms with Crippen LogP contribution in [0.4, 0.5) is 0 Å². The molecule has 1 amide bonds. The Kier molecular flexibility index (Phi) is 4.12. The Morgan fingerprint density at radius 3 is 2.59 bits per heavy atom. The molecule has 0 radical (unpaired) electrons. The van der Waals surface area contributed by atoms with Crippen molar-refractivity contribution < 1.29 is 14.3 Å². The van der Waals surface area contributed by atoms with Gasteiger partial charge in [-0.25, -0.2) is 0 Å². The van der Waals surface area contributed by atoms with Crippen molar-refractivity contribution >= 4 is 12.0 Å². The molecule has 88 valence electrons. The Bertz CT molecular complexity index is 501. The summed E-state index contributed by atoms with van der Waals surface area (Å²) in [5, 5.41) is 8.76. The van der Waals surface area contributed by atoms with Crippen molar-refractivity contribution in [1.82, 2.24) is 0 Å². The summed E-state index contributed by atoms with van der Waals surface area (Å²) in [6.07, 6.45) is 1.36. The second-order valence-electron chi connectivity index (χ2n) is 3.14. The number of hydrogen-bond donors (Lipinski definition) is 1. The molecular formula is C12H12N2O3. The largest absolute Gasteiger partial charge is 0.497 e. The molecule has 17 heavy (non-hydrogen) atoms. The average Bonchev–Trinajstić information content (AvgIpc) is 2.35. The Morgan fingerprint density at radius 1 is 1.41 bits per heavy atom. The molecule has 0 unspecified atom stereocenters. The average molecular weight is 232 g/mol. The number of hydrogen-bond acceptors (Lipinski definition) is 4. The van der Waals surface area contributed by atoms with Crippen molar-refractivity contribution in [3.05, 3.63) is 29.3 Å². The first-order valence-corrected chi connectivity index (χ1v) is 4.76. The van der Waals surface area contributed by atoms with Crippen LogP contribution < -0.4 is 15.2 Å². The molecule has 0 saturated heterocycles. The SMILES string of the molecule is COc1ccc(OC)c(/C=C(/C#N)C(N)=O)c1. The van der Waals surface area contributed by atoms with E-state index in [-0.39, 0.29) is 5.57 Å². The number of nitriles is 1. The van der Waals surface area contributed by atoms with Crippen LogP contribution in [-0.2, 0) is 4.79 Å². The lowest BCUT2D eigenvalue weighted by Gasteiger charge is -2.07. The molecule has 0 aliphatic heterocycles. The summed E-state index contributed by atoms with van der Waals surface area (Å²) >= 11 is 0. The lowest BCUT2D eigenvalue weighted by molar-refractivity contribution is -0.114. The summed E-state index contributed by atoms with van der Waals surface area (Å²) in [7, 11) is 3.02. The van der Waals surface area contributed by atoms with Gasteiger partial charge in [0.15, 0.2) is 0 Å². The minimum absolute atomic E-state index is 0.142. The van der Waals surface area contributed by atoms with Crippen LogP contribution in [0.1, 0.15) is 5.56 Å². The Morgan fingerprint density at radius 2 is 2.12 bits per heavy atom. The molecule has 0 heterocycles. The first-order chi connectivity index (χ1) is 8.12. The van der Waals surface area contributed by atoms with E-state index in [4.69, 9.17) is 20.5 Å². The molecule has 0 saturated carbocycles. The van der Waals surface area contributed by atoms with E-state index < -0.39 is 5.91 Å². The van der Waals surface area contributed by atoms with E-state index >= 15 is 0 Å². The van der Waals surface area contributed by atoms with E-state index in [0.717, 1.165) is 0 Å². The fourth-order valence-electron chi connectivity index (χ4n) is 1.27. The van der Waals surface area contributed by atoms with E-state index in [1.54, 1.807) is 24.3 Å². The fourth-order valence-corrected chi connectivity index (χ4v) is 1.27. The highest BCUT2D eigenvalue weighted by atomic mass is 16.5. The van der Waals surface area contributed by atoms with Crippen molar-refractivity contribution in [2.24, 2.45) is 5.73 Å². The van der Waals surface area contributed by atoms with Gasteiger partial charge in [0.05, 0.1) is 14.2 Å². The third-order valence-electron chi connectivity index (χ3n) is 2.12. The maximum absolute atomic E-state index is 10.9. The van der Waals surface area contributed by atoms with Crippen molar-refractivity contribution in [3.8, 4) is 17.6 Å². The first kappa shape index (κ1) is 12.6. The number of methoxy groups -OCH3 is 2. The second-order valence-corrected chi connectivity index (χ2v) is 3.14. The summed E-state index contributed by atoms with van der Waals surface area (Å²) in [5.74, 6) is 0.344. The second kappa shape index (κ2) is 5.56. The Labute approximate surface area is 99.1 Å². The number of benzene rings is 1. The van der Waals surface area contributed by atoms with Gasteiger partial charge >= 0.3 is 0 Å². The predicted molar refractivity (Wildman–Crippen MR) is 62.3 cm³/mol. The molecule has 0 aliphatic carbocycles. The topological polar surface area (TPSA) is 85.3 Å². The molecule has 0 aliphatic rings. The molecule has 2 N–H and O–H groups in total. The Hall–Kier alpha value is -2.48. The van der Waals surface area contributed by atoms with Gasteiger partial charge in [0.1, 0.15) is 23.1 Å². The van der Waals surface area contributed by atoms with E-state index in [2.05, 4.69) is 0 Å². The summed E-state index contributed by atoms with van der Waals surface area (Å²) in [5.41, 5.74) is 5.47. The van der Waals surface area contributed by atoms with E-state index in [1.165, 1.54) is 20.3 Å². The lowest BCUT2D eigenvalue weighted by atomic mass is 10.1. The van der Waals surface area contributed by atoms with Gasteiger partial charge in [0.25, 0.3) is 5.91 Å². The predicted octanol–water partition coefficient (Wildman–Crippen LogP) is 1.10. The van der Waals surface area contributed by atoms with Crippen LogP contribution in [0, 0.1) is 11.3 Å². The number of carbonyl (C=O) groups excluding carboxylic acids is 1. The van der Waals surface area contributed by atoms with Gasteiger partial charge in [-0.3, -0.25) is 4.79 Å². The number of nitrogens with two attached hydrogens (primary N) is 1. The van der Waals surface area contributed by atoms with Gasteiger partial charge in [-0.05, 0) is 24.3 Å². The number of ether oxygens (including phenoxy) is 2. The summed E-state index contributed by atoms with van der Waals surface area (Å²) in [6.45, 7) is 0. The van der Waals surface area contributed by atoms with Crippen LogP contribution in [0.15, 0.2) is 23.8 Å². The van der Waals surface area contributed by atoms with Gasteiger partial charge in [0.2, 0.25) is 0 Å². The molecule has 1 rings (SSSR count). The highest BCUT2D eigenvalue weighted by molar-refractivity contribution is 6.00. The number of carbonyl (C=O) groups is 1. The van der Waals surface area contributed by atoms with Crippen LogP contribution in [-0.4, -0.2) is 20.1 Å². The highest BCUT2D eigenvalue weighted by Crippen LogP contribution is 2.25. The highest BCUT2D eigenvalue weighted by Gasteiger charge is 2.07. The zero-order valence-corrected chi connectivity index (χ0v) is 9.56. The molecule has 5 heteroatoms. The summed E-state index contributed by atoms with van der Waals surface area (Å²) in [4.78, 5) is 10.9. The van der Waals surface area contributed by atoms with Gasteiger partial charge in [0, 0.05) is 5.56 Å². The smallest absolute Gasteiger partial charge is 0.259 e. The van der Waals surface area contributed by atoms with Crippen LogP contribution in [0.2, 0.25) is 0 Å². The molecule has 0 aromatic heterocycles. The van der Waals surface area contributed by atoms with Gasteiger partial charge in [-0.1, -0.05) is 0 Å². The minimum Gasteiger partial charge on any atom is -0.497 e. The summed E-state index contributed by atoms with van der Waals surface area (Å²) < 4.78 is 10.2. The normalized spacial score (nSPS) is 10.5. The molecule has 0 atom stereocenters. The molecule has 5 nitrogen and oxygen atoms in total. The first-order valence-electron chi connectivity index (χ1n) is 4.76. The lowest BCUT2D eigenvalue weighted by Crippen LogP contribution is -2.12. The van der Waals surface area contributed by atoms with Crippen LogP contribution in [0.5, 0.6) is 11.5 Å². The van der Waals surface area contributed by atoms with Crippen molar-refractivity contribution in [3.63, 3.8) is 0 Å². The zero-order valence-electron chi connectivity index (χ0n) is 9.56. The number of rotatable bonds is 4. The molecule has 1 aromatic carbocycles. The fraction of sp³-hybridized carbons (Fsp3) is 0.167. The van der Waals surface area contributed by atoms with Crippen molar-refractivity contribution in [2.75, 3.05) is 14.2 Å². The van der Waals surface area contributed by atoms with Gasteiger partial charge in [-0.15, -0.1) is 0 Å². The number of amides is 1. The van der Waals surface area contributed by atoms with Crippen LogP contribution in [0.3, 0.4) is 0 Å². The van der Waals surface area contributed by atoms with Gasteiger partial charge in [-0.2, -0.15) is 5.26 Å². The zero-order chi connectivity index (χ0) is 12.8. The quantitative estimate of drug-likeness (QED) is 0.622. The van der Waals surface area contributed by atoms with E-state index in [1.807, 2.05) is 0 Å². The van der Waals surface area contributed by atoms with Gasteiger partial charge < -0.3 is 15.2 Å². The van der Waals surface area contributed by atoms with Crippen LogP contribution >= 0.6 is 0 Å². The maximum atomic E-state index is 10.9. The van der Waals surface area contributed by atoms with Crippen LogP contribution in [0.25, 0.3) is 6.08 Å². The molecule has 0 fully saturated rings. The third-order valence-corrected chi connectivity index (χ3v) is 2.12. The minimum atomic E-state index is -0.780. The van der Waals surface area contributed by atoms with Crippen molar-refractivity contribution in [1.29, 1.82) is 5.26 Å². The van der Waals surface area contributed by atoms with Crippen molar-refractivity contribution in [2.45, 2.75) is 0 Å². The molecule has 0 spiro atoms. The Balaban J connectivity index is 3.28. The molecular weight excluding hydrogens is 220 g/mol. The third kappa shape index (κ3) is 2.98. The van der Waals surface area contributed by atoms with E-state index in [9.17, 15) is 4.79 Å². The maximum Gasteiger partial charge on any atom is 0.259 e.